The van der Waals surface area contributed by atoms with E-state index in [1.807, 2.05) is 0 Å². The summed E-state index contributed by atoms with van der Waals surface area (Å²) in [4.78, 5) is 12.5. The summed E-state index contributed by atoms with van der Waals surface area (Å²) in [6.07, 6.45) is 0. The lowest BCUT2D eigenvalue weighted by Crippen LogP contribution is -2.34. The number of rotatable bonds is 1. The van der Waals surface area contributed by atoms with Crippen LogP contribution in [-0.2, 0) is 0 Å². The molecule has 13 heavy (non-hydrogen) atoms. The van der Waals surface area contributed by atoms with Gasteiger partial charge in [-0.2, -0.15) is 0 Å². The molecular weight excluding hydrogens is 171 g/mol. The molecule has 0 unspecified atom stereocenters. The first-order valence-corrected chi connectivity index (χ1v) is 3.86. The van der Waals surface area contributed by atoms with Gasteiger partial charge in [-0.15, -0.1) is 0 Å². The summed E-state index contributed by atoms with van der Waals surface area (Å²) in [6, 6.07) is 5.49. The van der Waals surface area contributed by atoms with Crippen LogP contribution in [0.4, 0.5) is 14.9 Å². The van der Waals surface area contributed by atoms with E-state index >= 15 is 0 Å². The fourth-order valence-corrected chi connectivity index (χ4v) is 0.950. The normalized spacial score (nSPS) is 9.46. The molecule has 1 N–H and O–H groups in total. The minimum atomic E-state index is -0.311. The minimum Gasteiger partial charge on any atom is -0.341 e. The first-order valence-electron chi connectivity index (χ1n) is 3.86. The number of nitrogens with one attached hydrogen (secondary N) is 1. The molecule has 0 heterocycles. The molecule has 0 saturated heterocycles. The monoisotopic (exact) mass is 182 g/mol. The first kappa shape index (κ1) is 9.51. The second-order valence-electron chi connectivity index (χ2n) is 2.59. The third-order valence-corrected chi connectivity index (χ3v) is 1.73. The average Bonchev–Trinajstić information content (AvgIpc) is 2.17. The third kappa shape index (κ3) is 2.18. The molecular formula is C9H11FN2O. The fourth-order valence-electron chi connectivity index (χ4n) is 0.950. The zero-order valence-electron chi connectivity index (χ0n) is 7.54. The van der Waals surface area contributed by atoms with E-state index in [-0.39, 0.29) is 11.8 Å². The van der Waals surface area contributed by atoms with Gasteiger partial charge >= 0.3 is 6.03 Å². The molecule has 0 aliphatic heterocycles. The molecule has 1 aromatic carbocycles. The minimum absolute atomic E-state index is 0.230. The van der Waals surface area contributed by atoms with Crippen LogP contribution in [0.3, 0.4) is 0 Å². The van der Waals surface area contributed by atoms with Gasteiger partial charge in [0.15, 0.2) is 0 Å². The highest BCUT2D eigenvalue weighted by atomic mass is 19.1. The maximum Gasteiger partial charge on any atom is 0.321 e. The number of anilines is 1. The van der Waals surface area contributed by atoms with E-state index in [0.717, 1.165) is 0 Å². The van der Waals surface area contributed by atoms with Crippen LogP contribution >= 0.6 is 0 Å². The number of nitrogens with zero attached hydrogens (tertiary/aromatic N) is 1. The van der Waals surface area contributed by atoms with Crippen molar-refractivity contribution in [1.29, 1.82) is 0 Å². The lowest BCUT2D eigenvalue weighted by Gasteiger charge is -2.16. The van der Waals surface area contributed by atoms with E-state index in [1.54, 1.807) is 26.2 Å². The van der Waals surface area contributed by atoms with E-state index in [1.165, 1.54) is 17.0 Å². The van der Waals surface area contributed by atoms with Crippen molar-refractivity contribution in [3.8, 4) is 0 Å². The van der Waals surface area contributed by atoms with Crippen molar-refractivity contribution in [1.82, 2.24) is 5.32 Å². The maximum absolute atomic E-state index is 12.5. The first-order chi connectivity index (χ1) is 6.15. The van der Waals surface area contributed by atoms with Crippen LogP contribution in [0.15, 0.2) is 24.3 Å². The van der Waals surface area contributed by atoms with Crippen molar-refractivity contribution < 1.29 is 9.18 Å². The van der Waals surface area contributed by atoms with E-state index in [0.29, 0.717) is 5.69 Å². The van der Waals surface area contributed by atoms with Crippen molar-refractivity contribution in [3.63, 3.8) is 0 Å². The largest absolute Gasteiger partial charge is 0.341 e. The molecule has 0 aliphatic carbocycles. The number of carbonyl (C=O) groups is 1. The van der Waals surface area contributed by atoms with Gasteiger partial charge in [-0.3, -0.25) is 4.90 Å². The Balaban J connectivity index is 2.83. The van der Waals surface area contributed by atoms with Crippen LogP contribution in [0.2, 0.25) is 0 Å². The molecule has 4 heteroatoms. The molecule has 0 spiro atoms. The highest BCUT2D eigenvalue weighted by Gasteiger charge is 2.07. The van der Waals surface area contributed by atoms with E-state index in [9.17, 15) is 9.18 Å². The lowest BCUT2D eigenvalue weighted by atomic mass is 10.3. The van der Waals surface area contributed by atoms with Gasteiger partial charge < -0.3 is 5.32 Å². The Kier molecular flexibility index (Phi) is 2.84. The van der Waals surface area contributed by atoms with Crippen LogP contribution in [0, 0.1) is 5.82 Å². The number of amides is 2. The number of hydrogen-bond acceptors (Lipinski definition) is 1. The van der Waals surface area contributed by atoms with Gasteiger partial charge in [0.2, 0.25) is 0 Å². The second-order valence-corrected chi connectivity index (χ2v) is 2.59. The Labute approximate surface area is 76.2 Å². The Hall–Kier alpha value is -1.58. The summed E-state index contributed by atoms with van der Waals surface area (Å²) in [6.45, 7) is 0. The quantitative estimate of drug-likeness (QED) is 0.703. The summed E-state index contributed by atoms with van der Waals surface area (Å²) in [7, 11) is 3.16. The summed E-state index contributed by atoms with van der Waals surface area (Å²) in [5.74, 6) is -0.311. The number of urea groups is 1. The molecule has 70 valence electrons. The highest BCUT2D eigenvalue weighted by Crippen LogP contribution is 2.12. The predicted molar refractivity (Wildman–Crippen MR) is 49.3 cm³/mol. The Morgan fingerprint density at radius 2 is 1.92 bits per heavy atom. The lowest BCUT2D eigenvalue weighted by molar-refractivity contribution is 0.249. The van der Waals surface area contributed by atoms with Crippen molar-refractivity contribution in [2.45, 2.75) is 0 Å². The maximum atomic E-state index is 12.5. The third-order valence-electron chi connectivity index (χ3n) is 1.73. The van der Waals surface area contributed by atoms with Gasteiger partial charge in [0.25, 0.3) is 0 Å². The second kappa shape index (κ2) is 3.89. The molecule has 1 aromatic rings. The van der Waals surface area contributed by atoms with Gasteiger partial charge in [-0.25, -0.2) is 9.18 Å². The van der Waals surface area contributed by atoms with Crippen molar-refractivity contribution in [2.24, 2.45) is 0 Å². The van der Waals surface area contributed by atoms with E-state index in [2.05, 4.69) is 5.32 Å². The van der Waals surface area contributed by atoms with Gasteiger partial charge in [0.1, 0.15) is 5.82 Å². The topological polar surface area (TPSA) is 32.3 Å². The average molecular weight is 182 g/mol. The molecule has 0 saturated carbocycles. The van der Waals surface area contributed by atoms with Gasteiger partial charge in [-0.05, 0) is 24.3 Å². The molecule has 0 aromatic heterocycles. The smallest absolute Gasteiger partial charge is 0.321 e. The number of carbonyl (C=O) groups excluding carboxylic acids is 1. The standard InChI is InChI=1S/C9H11FN2O/c1-11-9(13)12(2)8-5-3-7(10)4-6-8/h3-6H,1-2H3,(H,11,13). The summed E-state index contributed by atoms with van der Waals surface area (Å²) >= 11 is 0. The molecule has 0 fully saturated rings. The van der Waals surface area contributed by atoms with Crippen LogP contribution in [0.5, 0.6) is 0 Å². The molecule has 0 bridgehead atoms. The fraction of sp³-hybridized carbons (Fsp3) is 0.222. The SMILES string of the molecule is CNC(=O)N(C)c1ccc(F)cc1. The van der Waals surface area contributed by atoms with Gasteiger partial charge in [-0.1, -0.05) is 0 Å². The number of hydrogen-bond donors (Lipinski definition) is 1. The summed E-state index contributed by atoms with van der Waals surface area (Å²) < 4.78 is 12.5. The zero-order chi connectivity index (χ0) is 9.84. The molecule has 3 nitrogen and oxygen atoms in total. The molecule has 0 radical (unpaired) electrons. The zero-order valence-corrected chi connectivity index (χ0v) is 7.54. The van der Waals surface area contributed by atoms with Crippen LogP contribution in [0.25, 0.3) is 0 Å². The Bertz CT molecular complexity index is 297. The summed E-state index contributed by atoms with van der Waals surface area (Å²) in [5.41, 5.74) is 0.653. The Morgan fingerprint density at radius 1 is 1.38 bits per heavy atom. The molecule has 0 atom stereocenters. The van der Waals surface area contributed by atoms with Crippen LogP contribution in [-0.4, -0.2) is 20.1 Å². The van der Waals surface area contributed by atoms with Gasteiger partial charge in [0.05, 0.1) is 0 Å². The predicted octanol–water partition coefficient (Wildman–Crippen LogP) is 1.60. The van der Waals surface area contributed by atoms with Gasteiger partial charge in [0, 0.05) is 19.8 Å². The molecule has 2 amide bonds. The van der Waals surface area contributed by atoms with Crippen molar-refractivity contribution in [3.05, 3.63) is 30.1 Å². The van der Waals surface area contributed by atoms with E-state index < -0.39 is 0 Å². The van der Waals surface area contributed by atoms with Crippen LogP contribution < -0.4 is 10.2 Å². The van der Waals surface area contributed by atoms with E-state index in [4.69, 9.17) is 0 Å². The van der Waals surface area contributed by atoms with Crippen molar-refractivity contribution >= 4 is 11.7 Å². The Morgan fingerprint density at radius 3 is 2.38 bits per heavy atom. The molecule has 1 rings (SSSR count). The number of benzene rings is 1. The van der Waals surface area contributed by atoms with Crippen LogP contribution in [0.1, 0.15) is 0 Å². The highest BCUT2D eigenvalue weighted by molar-refractivity contribution is 5.91. The number of halogens is 1. The summed E-state index contributed by atoms with van der Waals surface area (Å²) in [5, 5.41) is 2.47. The van der Waals surface area contributed by atoms with Crippen molar-refractivity contribution in [2.75, 3.05) is 19.0 Å². The molecule has 0 aliphatic rings.